The maximum Gasteiger partial charge on any atom is 0.331 e. The van der Waals surface area contributed by atoms with Gasteiger partial charge in [-0.25, -0.2) is 4.79 Å². The van der Waals surface area contributed by atoms with E-state index >= 15 is 0 Å². The average molecular weight is 288 g/mol. The summed E-state index contributed by atoms with van der Waals surface area (Å²) in [4.78, 5) is 32.1. The van der Waals surface area contributed by atoms with Gasteiger partial charge in [-0.3, -0.25) is 14.9 Å². The molecule has 1 heterocycles. The van der Waals surface area contributed by atoms with E-state index in [4.69, 9.17) is 4.74 Å². The zero-order valence-corrected chi connectivity index (χ0v) is 10.8. The molecule has 104 valence electrons. The molecule has 0 aliphatic heterocycles. The number of aliphatic hydroxyl groups is 1. The van der Waals surface area contributed by atoms with Crippen molar-refractivity contribution in [2.24, 2.45) is 0 Å². The predicted molar refractivity (Wildman–Crippen MR) is 65.6 cm³/mol. The molecule has 0 saturated carbocycles. The van der Waals surface area contributed by atoms with E-state index in [1.165, 1.54) is 12.1 Å². The highest BCUT2D eigenvalue weighted by atomic mass is 32.1. The molecule has 2 atom stereocenters. The Morgan fingerprint density at radius 1 is 1.68 bits per heavy atom. The molecule has 8 nitrogen and oxygen atoms in total. The van der Waals surface area contributed by atoms with Crippen LogP contribution in [0.15, 0.2) is 12.1 Å². The normalized spacial score (nSPS) is 13.4. The summed E-state index contributed by atoms with van der Waals surface area (Å²) in [5.74, 6) is -0.807. The van der Waals surface area contributed by atoms with Gasteiger partial charge in [-0.05, 0) is 13.0 Å². The van der Waals surface area contributed by atoms with Crippen LogP contribution in [0.4, 0.5) is 5.00 Å². The highest BCUT2D eigenvalue weighted by molar-refractivity contribution is 7.15. The summed E-state index contributed by atoms with van der Waals surface area (Å²) >= 11 is 0.726. The Morgan fingerprint density at radius 3 is 2.84 bits per heavy atom. The monoisotopic (exact) mass is 288 g/mol. The summed E-state index contributed by atoms with van der Waals surface area (Å²) in [6.45, 7) is 1.67. The minimum absolute atomic E-state index is 0.0905. The van der Waals surface area contributed by atoms with Gasteiger partial charge >= 0.3 is 11.0 Å². The largest absolute Gasteiger partial charge is 0.464 e. The van der Waals surface area contributed by atoms with Crippen molar-refractivity contribution < 1.29 is 24.4 Å². The number of carbonyl (C=O) groups is 2. The third kappa shape index (κ3) is 3.73. The van der Waals surface area contributed by atoms with Gasteiger partial charge in [-0.15, -0.1) is 0 Å². The van der Waals surface area contributed by atoms with Gasteiger partial charge in [0, 0.05) is 10.9 Å². The van der Waals surface area contributed by atoms with Crippen molar-refractivity contribution in [1.82, 2.24) is 5.32 Å². The molecular formula is C10H12N2O6S. The number of aliphatic hydroxyl groups excluding tert-OH is 1. The van der Waals surface area contributed by atoms with Crippen molar-refractivity contribution in [3.63, 3.8) is 0 Å². The third-order valence-corrected chi connectivity index (χ3v) is 3.30. The van der Waals surface area contributed by atoms with Gasteiger partial charge in [-0.2, -0.15) is 0 Å². The number of ether oxygens (including phenoxy) is 1. The molecule has 0 radical (unpaired) electrons. The number of nitrogens with one attached hydrogen (secondary N) is 1. The minimum atomic E-state index is -1.40. The number of rotatable bonds is 7. The van der Waals surface area contributed by atoms with Crippen LogP contribution in [-0.2, 0) is 14.3 Å². The molecule has 1 rings (SSSR count). The van der Waals surface area contributed by atoms with Crippen molar-refractivity contribution in [2.75, 3.05) is 6.61 Å². The van der Waals surface area contributed by atoms with E-state index in [-0.39, 0.29) is 22.9 Å². The first kappa shape index (κ1) is 15.1. The molecule has 2 N–H and O–H groups in total. The second-order valence-corrected chi connectivity index (χ2v) is 4.49. The molecule has 0 spiro atoms. The van der Waals surface area contributed by atoms with Gasteiger partial charge in [0.05, 0.1) is 11.5 Å². The second kappa shape index (κ2) is 6.81. The molecule has 1 aromatic rings. The molecule has 0 saturated heterocycles. The van der Waals surface area contributed by atoms with Gasteiger partial charge in [0.15, 0.2) is 6.04 Å². The average Bonchev–Trinajstić information content (AvgIpc) is 2.85. The maximum absolute atomic E-state index is 11.6. The van der Waals surface area contributed by atoms with Crippen LogP contribution in [-0.4, -0.2) is 35.1 Å². The second-order valence-electron chi connectivity index (χ2n) is 3.39. The Bertz CT molecular complexity index is 474. The predicted octanol–water partition coefficient (Wildman–Crippen LogP) is 0.367. The lowest BCUT2D eigenvalue weighted by Crippen LogP contribution is -2.42. The number of nitro groups is 1. The summed E-state index contributed by atoms with van der Waals surface area (Å²) in [5, 5.41) is 22.5. The zero-order valence-electron chi connectivity index (χ0n) is 9.94. The maximum atomic E-state index is 11.6. The number of thiophene rings is 1. The number of carbonyl (C=O) groups excluding carboxylic acids is 2. The molecule has 0 aliphatic rings. The molecule has 2 unspecified atom stereocenters. The lowest BCUT2D eigenvalue weighted by Gasteiger charge is -2.19. The van der Waals surface area contributed by atoms with Crippen LogP contribution in [0.3, 0.4) is 0 Å². The highest BCUT2D eigenvalue weighted by Crippen LogP contribution is 2.30. The van der Waals surface area contributed by atoms with E-state index in [9.17, 15) is 24.8 Å². The molecule has 1 amide bonds. The highest BCUT2D eigenvalue weighted by Gasteiger charge is 2.31. The summed E-state index contributed by atoms with van der Waals surface area (Å²) in [6.07, 6.45) is -1.14. The van der Waals surface area contributed by atoms with Crippen molar-refractivity contribution in [3.8, 4) is 0 Å². The van der Waals surface area contributed by atoms with E-state index in [0.29, 0.717) is 0 Å². The smallest absolute Gasteiger partial charge is 0.331 e. The number of hydrogen-bond acceptors (Lipinski definition) is 7. The van der Waals surface area contributed by atoms with E-state index in [1.807, 2.05) is 0 Å². The third-order valence-electron chi connectivity index (χ3n) is 2.19. The van der Waals surface area contributed by atoms with Gasteiger partial charge in [-0.1, -0.05) is 11.3 Å². The van der Waals surface area contributed by atoms with Crippen molar-refractivity contribution >= 4 is 28.7 Å². The Morgan fingerprint density at radius 2 is 2.37 bits per heavy atom. The first-order chi connectivity index (χ1) is 9.01. The van der Waals surface area contributed by atoms with E-state index in [0.717, 1.165) is 11.3 Å². The zero-order chi connectivity index (χ0) is 14.4. The molecule has 1 aromatic heterocycles. The topological polar surface area (TPSA) is 119 Å². The van der Waals surface area contributed by atoms with Gasteiger partial charge in [0.1, 0.15) is 6.10 Å². The van der Waals surface area contributed by atoms with Gasteiger partial charge in [0.25, 0.3) is 0 Å². The van der Waals surface area contributed by atoms with E-state index in [2.05, 4.69) is 5.32 Å². The molecule has 0 bridgehead atoms. The first-order valence-corrected chi connectivity index (χ1v) is 6.11. The lowest BCUT2D eigenvalue weighted by molar-refractivity contribution is -0.380. The van der Waals surface area contributed by atoms with Crippen molar-refractivity contribution in [1.29, 1.82) is 0 Å². The molecular weight excluding hydrogens is 276 g/mol. The fraction of sp³-hybridized carbons (Fsp3) is 0.400. The fourth-order valence-corrected chi connectivity index (χ4v) is 2.20. The van der Waals surface area contributed by atoms with Gasteiger partial charge < -0.3 is 15.2 Å². The van der Waals surface area contributed by atoms with Crippen LogP contribution in [0.1, 0.15) is 17.9 Å². The SMILES string of the molecule is CCOC(=O)C(NC=O)C(O)c1ccc([N+](=O)[O-])s1. The quantitative estimate of drug-likeness (QED) is 0.324. The summed E-state index contributed by atoms with van der Waals surface area (Å²) in [7, 11) is 0. The van der Waals surface area contributed by atoms with Crippen LogP contribution in [0, 0.1) is 10.1 Å². The van der Waals surface area contributed by atoms with Crippen molar-refractivity contribution in [2.45, 2.75) is 19.1 Å². The first-order valence-electron chi connectivity index (χ1n) is 5.29. The number of nitrogens with zero attached hydrogens (tertiary/aromatic N) is 1. The molecule has 0 aliphatic carbocycles. The molecule has 9 heteroatoms. The van der Waals surface area contributed by atoms with Crippen molar-refractivity contribution in [3.05, 3.63) is 27.1 Å². The summed E-state index contributed by atoms with van der Waals surface area (Å²) in [5.41, 5.74) is 0. The van der Waals surface area contributed by atoms with Crippen LogP contribution >= 0.6 is 11.3 Å². The fourth-order valence-electron chi connectivity index (χ4n) is 1.36. The molecule has 0 aromatic carbocycles. The number of amides is 1. The summed E-state index contributed by atoms with van der Waals surface area (Å²) < 4.78 is 4.70. The van der Waals surface area contributed by atoms with Crippen LogP contribution < -0.4 is 5.32 Å². The Hall–Kier alpha value is -2.00. The lowest BCUT2D eigenvalue weighted by atomic mass is 10.1. The van der Waals surface area contributed by atoms with Crippen LogP contribution in [0.5, 0.6) is 0 Å². The van der Waals surface area contributed by atoms with Crippen LogP contribution in [0.25, 0.3) is 0 Å². The Kier molecular flexibility index (Phi) is 5.39. The van der Waals surface area contributed by atoms with Crippen LogP contribution in [0.2, 0.25) is 0 Å². The molecule has 0 fully saturated rings. The van der Waals surface area contributed by atoms with Gasteiger partial charge in [0.2, 0.25) is 6.41 Å². The standard InChI is InChI=1S/C10H12N2O6S/c1-2-18-10(15)8(11-5-13)9(14)6-3-4-7(19-6)12(16)17/h3-5,8-9,14H,2H2,1H3,(H,11,13). The molecule has 19 heavy (non-hydrogen) atoms. The summed E-state index contributed by atoms with van der Waals surface area (Å²) in [6, 6.07) is 1.24. The van der Waals surface area contributed by atoms with E-state index in [1.54, 1.807) is 6.92 Å². The Balaban J connectivity index is 2.91. The minimum Gasteiger partial charge on any atom is -0.464 e. The Labute approximate surface area is 112 Å². The number of hydrogen-bond donors (Lipinski definition) is 2. The van der Waals surface area contributed by atoms with E-state index < -0.39 is 23.0 Å². The number of esters is 1.